The number of hydrogen-bond acceptors (Lipinski definition) is 30. The van der Waals surface area contributed by atoms with Crippen LogP contribution >= 0.6 is 46.4 Å². The second-order valence-electron chi connectivity index (χ2n) is 23.4. The van der Waals surface area contributed by atoms with Gasteiger partial charge in [-0.05, 0) is 133 Å². The Bertz CT molecular complexity index is 6360. The van der Waals surface area contributed by atoms with Gasteiger partial charge in [0.25, 0.3) is 23.6 Å². The van der Waals surface area contributed by atoms with Crippen LogP contribution in [-0.2, 0) is 34.3 Å². The van der Waals surface area contributed by atoms with Crippen molar-refractivity contribution in [1.82, 2.24) is 79.7 Å². The van der Waals surface area contributed by atoms with E-state index in [1.807, 2.05) is 36.4 Å². The van der Waals surface area contributed by atoms with Gasteiger partial charge in [0, 0.05) is 68.9 Å². The molecule has 0 spiro atoms. The van der Waals surface area contributed by atoms with Gasteiger partial charge in [-0.15, -0.1) is 0 Å². The Balaban J connectivity index is 0.000000164. The molecule has 5 amide bonds. The molecular formula is C74H54Cl4N24O11S3. The first-order chi connectivity index (χ1) is 55.3. The largest absolute Gasteiger partial charge is 0.326 e. The minimum atomic E-state index is -3.47. The first-order valence-electron chi connectivity index (χ1n) is 32.8. The predicted octanol–water partition coefficient (Wildman–Crippen LogP) is 11.0. The molecule has 582 valence electrons. The van der Waals surface area contributed by atoms with Gasteiger partial charge in [0.1, 0.15) is 41.2 Å². The van der Waals surface area contributed by atoms with Gasteiger partial charge < -0.3 is 10.2 Å². The molecule has 35 nitrogen and oxygen atoms in total. The Morgan fingerprint density at radius 1 is 0.362 bits per heavy atom. The van der Waals surface area contributed by atoms with Crippen LogP contribution in [0, 0.1) is 22.7 Å². The Morgan fingerprint density at radius 2 is 0.698 bits per heavy atom. The number of hydrogen-bond donors (Lipinski definition) is 5. The molecule has 8 heterocycles. The number of nitriles is 2. The molecule has 116 heavy (non-hydrogen) atoms. The van der Waals surface area contributed by atoms with Crippen molar-refractivity contribution in [2.75, 3.05) is 57.3 Å². The number of benzene rings is 5. The predicted molar refractivity (Wildman–Crippen MR) is 427 cm³/mol. The summed E-state index contributed by atoms with van der Waals surface area (Å²) in [5, 5.41) is 30.9. The number of nitrogens with one attached hydrogen (secondary N) is 5. The van der Waals surface area contributed by atoms with Crippen LogP contribution in [0.1, 0.15) is 60.0 Å². The fourth-order valence-corrected chi connectivity index (χ4v) is 12.7. The summed E-state index contributed by atoms with van der Waals surface area (Å²) in [6.45, 7) is 1.36. The van der Waals surface area contributed by atoms with Gasteiger partial charge in [-0.1, -0.05) is 88.9 Å². The quantitative estimate of drug-likeness (QED) is 0.0532. The van der Waals surface area contributed by atoms with Crippen LogP contribution < -0.4 is 31.5 Å². The van der Waals surface area contributed by atoms with Crippen molar-refractivity contribution in [3.05, 3.63) is 261 Å². The molecule has 0 fully saturated rings. The van der Waals surface area contributed by atoms with E-state index in [9.17, 15) is 49.2 Å². The fraction of sp³-hybridized carbons (Fsp3) is 0.0676. The van der Waals surface area contributed by atoms with Crippen LogP contribution in [0.25, 0.3) is 46.1 Å². The van der Waals surface area contributed by atoms with Crippen molar-refractivity contribution >= 4 is 147 Å². The highest BCUT2D eigenvalue weighted by Crippen LogP contribution is 2.29. The zero-order valence-corrected chi connectivity index (χ0v) is 65.8. The molecule has 0 aliphatic carbocycles. The number of rotatable bonds is 18. The number of pyridine rings is 4. The maximum Gasteiger partial charge on any atom is 0.259 e. The lowest BCUT2D eigenvalue weighted by Crippen LogP contribution is -2.19. The lowest BCUT2D eigenvalue weighted by Gasteiger charge is -2.18. The summed E-state index contributed by atoms with van der Waals surface area (Å²) in [5.41, 5.74) is 3.48. The molecule has 0 radical (unpaired) electrons. The van der Waals surface area contributed by atoms with E-state index in [0.29, 0.717) is 34.3 Å². The van der Waals surface area contributed by atoms with E-state index < -0.39 is 53.1 Å². The Labute approximate surface area is 679 Å². The van der Waals surface area contributed by atoms with Crippen molar-refractivity contribution in [2.45, 2.75) is 21.6 Å². The first-order valence-corrected chi connectivity index (χ1v) is 40.0. The summed E-state index contributed by atoms with van der Waals surface area (Å²) in [4.78, 5) is 129. The van der Waals surface area contributed by atoms with Crippen LogP contribution in [0.4, 0.5) is 41.1 Å². The SMILES string of the molecule is CC(=O)Nc1ccc(C(=O)Nc2nc(C#N)nc(-c3ccccn3)n2)c(Cl)c1.CN(c1ccccc1)c1nc(NC(=O)c2ccc(S(C)(=O)=O)cc2Cl)nc(-c2ccccn2)n1.CS(=O)(=O)c1ccc(C(=O)Nc2nc(C#N)nc(-c3ccccn3)n2)c(Cl)c1.CS(=O)(=O)c1ccc(C(=O)Nc2ncnc(-c3ccccn3)n2)c(Cl)c1. The van der Waals surface area contributed by atoms with Crippen LogP contribution in [0.15, 0.2) is 222 Å². The number of sulfone groups is 3. The van der Waals surface area contributed by atoms with Gasteiger partial charge in [-0.25, -0.2) is 35.2 Å². The Hall–Kier alpha value is -14.1. The third-order valence-electron chi connectivity index (χ3n) is 15.0. The van der Waals surface area contributed by atoms with E-state index >= 15 is 0 Å². The second-order valence-corrected chi connectivity index (χ2v) is 31.1. The summed E-state index contributed by atoms with van der Waals surface area (Å²) >= 11 is 24.4. The molecule has 0 aliphatic rings. The van der Waals surface area contributed by atoms with Gasteiger partial charge >= 0.3 is 0 Å². The minimum Gasteiger partial charge on any atom is -0.326 e. The molecule has 0 saturated carbocycles. The second kappa shape index (κ2) is 37.9. The third kappa shape index (κ3) is 23.0. The molecule has 42 heteroatoms. The average molecular weight is 1690 g/mol. The summed E-state index contributed by atoms with van der Waals surface area (Å²) in [6, 6.07) is 49.8. The zero-order chi connectivity index (χ0) is 83.4. The zero-order valence-electron chi connectivity index (χ0n) is 60.4. The van der Waals surface area contributed by atoms with Crippen molar-refractivity contribution in [3.8, 4) is 58.2 Å². The molecule has 0 bridgehead atoms. The summed E-state index contributed by atoms with van der Waals surface area (Å²) in [5.74, 6) is -2.22. The standard InChI is InChI=1S/C23H19ClN6O3S.C18H12ClN7O2.C17H11ClN6O3S.C16H12ClN5O3S/c1-30(15-8-4-3-5-9-15)23-27-20(19-10-6-7-13-25-19)26-22(29-23)28-21(31)17-12-11-16(14-18(17)24)34(2,32)33;1-10(27)22-11-5-6-12(13(19)8-11)17(28)26-18-24-15(9-20)23-16(25-18)14-4-2-3-7-21-14;1-28(26,27)10-5-6-11(12(18)8-10)16(25)24-17-22-14(9-19)21-15(23-17)13-4-2-3-7-20-13;1-26(24,25)10-5-6-11(12(17)8-10)15(23)22-16-20-9-19-14(21-16)13-4-2-3-7-18-13/h3-14H,1-2H3,(H,26,27,28,29,31);2-8H,1H3,(H,22,27)(H,23,24,25,26,28);2-8H,1H3,(H,21,22,23,24,25);2-9H,1H3,(H,19,20,21,22,23). The van der Waals surface area contributed by atoms with E-state index in [1.165, 1.54) is 92.2 Å². The molecule has 0 atom stereocenters. The molecule has 5 N–H and O–H groups in total. The highest BCUT2D eigenvalue weighted by molar-refractivity contribution is 7.91. The van der Waals surface area contributed by atoms with Crippen LogP contribution in [0.3, 0.4) is 0 Å². The van der Waals surface area contributed by atoms with E-state index in [-0.39, 0.29) is 122 Å². The number of carbonyl (C=O) groups is 5. The van der Waals surface area contributed by atoms with Crippen LogP contribution in [0.2, 0.25) is 20.1 Å². The van der Waals surface area contributed by atoms with E-state index in [2.05, 4.69) is 106 Å². The highest BCUT2D eigenvalue weighted by Gasteiger charge is 2.24. The molecular weight excluding hydrogens is 1640 g/mol. The van der Waals surface area contributed by atoms with Gasteiger partial charge in [-0.2, -0.15) is 60.4 Å². The number of amides is 5. The van der Waals surface area contributed by atoms with Crippen molar-refractivity contribution in [3.63, 3.8) is 0 Å². The van der Waals surface area contributed by atoms with Gasteiger partial charge in [0.2, 0.25) is 47.3 Å². The summed E-state index contributed by atoms with van der Waals surface area (Å²) in [6.07, 6.45) is 10.7. The van der Waals surface area contributed by atoms with Gasteiger partial charge in [0.15, 0.2) is 52.8 Å². The highest BCUT2D eigenvalue weighted by atomic mass is 35.5. The lowest BCUT2D eigenvalue weighted by atomic mass is 10.2. The number of para-hydroxylation sites is 1. The molecule has 5 aromatic carbocycles. The average Bonchev–Trinajstić information content (AvgIpc) is 0.815. The molecule has 0 unspecified atom stereocenters. The summed E-state index contributed by atoms with van der Waals surface area (Å²) < 4.78 is 69.7. The number of aromatic nitrogens is 16. The number of nitrogens with zero attached hydrogens (tertiary/aromatic N) is 19. The molecule has 0 aliphatic heterocycles. The normalized spacial score (nSPS) is 10.8. The maximum atomic E-state index is 12.9. The van der Waals surface area contributed by atoms with Crippen LogP contribution in [0.5, 0.6) is 0 Å². The number of anilines is 7. The van der Waals surface area contributed by atoms with E-state index in [0.717, 1.165) is 24.5 Å². The van der Waals surface area contributed by atoms with Gasteiger partial charge in [0.05, 0.1) is 57.0 Å². The smallest absolute Gasteiger partial charge is 0.259 e. The number of carbonyl (C=O) groups excluding carboxylic acids is 5. The maximum absolute atomic E-state index is 12.9. The van der Waals surface area contributed by atoms with E-state index in [1.54, 1.807) is 109 Å². The first kappa shape index (κ1) is 84.3. The van der Waals surface area contributed by atoms with Crippen LogP contribution in [-0.4, -0.2) is 160 Å². The van der Waals surface area contributed by atoms with E-state index in [4.69, 9.17) is 56.9 Å². The Morgan fingerprint density at radius 3 is 1.04 bits per heavy atom. The van der Waals surface area contributed by atoms with Crippen molar-refractivity contribution in [1.29, 1.82) is 10.5 Å². The monoisotopic (exact) mass is 1690 g/mol. The fourth-order valence-electron chi connectivity index (χ4n) is 9.49. The molecule has 8 aromatic heterocycles. The van der Waals surface area contributed by atoms with Crippen molar-refractivity contribution in [2.24, 2.45) is 0 Å². The third-order valence-corrected chi connectivity index (χ3v) is 19.5. The van der Waals surface area contributed by atoms with Gasteiger partial charge in [-0.3, -0.25) is 65.2 Å². The molecule has 13 rings (SSSR count). The lowest BCUT2D eigenvalue weighted by molar-refractivity contribution is -0.114. The van der Waals surface area contributed by atoms with Crippen molar-refractivity contribution < 1.29 is 49.2 Å². The topological polar surface area (TPSA) is 505 Å². The molecule has 13 aromatic rings. The minimum absolute atomic E-state index is 0.00410. The Kier molecular flexibility index (Phi) is 27.6. The summed E-state index contributed by atoms with van der Waals surface area (Å²) in [7, 11) is -8.56. The molecule has 0 saturated heterocycles. The number of halogens is 4.